The van der Waals surface area contributed by atoms with Crippen molar-refractivity contribution in [3.05, 3.63) is 59.7 Å². The Hall–Kier alpha value is -2.49. The van der Waals surface area contributed by atoms with Crippen molar-refractivity contribution in [1.29, 1.82) is 5.41 Å². The largest absolute Gasteiger partial charge is 0.508 e. The van der Waals surface area contributed by atoms with Crippen LogP contribution in [-0.2, 0) is 6.61 Å². The molecule has 2 rings (SSSR count). The molecular weight excluding hydrogens is 228 g/mol. The number of ether oxygens (including phenoxy) is 1. The van der Waals surface area contributed by atoms with Crippen LogP contribution >= 0.6 is 0 Å². The molecule has 0 unspecified atom stereocenters. The summed E-state index contributed by atoms with van der Waals surface area (Å²) in [7, 11) is 0. The molecule has 0 bridgehead atoms. The van der Waals surface area contributed by atoms with E-state index in [-0.39, 0.29) is 11.6 Å². The first-order valence-corrected chi connectivity index (χ1v) is 5.50. The highest BCUT2D eigenvalue weighted by atomic mass is 16.5. The van der Waals surface area contributed by atoms with E-state index in [0.717, 1.165) is 5.56 Å². The number of benzene rings is 2. The zero-order chi connectivity index (χ0) is 13.0. The molecule has 0 aromatic heterocycles. The first-order valence-electron chi connectivity index (χ1n) is 5.50. The molecule has 0 heterocycles. The van der Waals surface area contributed by atoms with Gasteiger partial charge < -0.3 is 15.6 Å². The van der Waals surface area contributed by atoms with Crippen LogP contribution in [0.4, 0.5) is 0 Å². The van der Waals surface area contributed by atoms with Gasteiger partial charge in [0.15, 0.2) is 0 Å². The number of phenolic OH excluding ortho intramolecular Hbond substituents is 1. The van der Waals surface area contributed by atoms with Gasteiger partial charge in [-0.2, -0.15) is 0 Å². The van der Waals surface area contributed by atoms with E-state index in [0.29, 0.717) is 17.9 Å². The van der Waals surface area contributed by atoms with Crippen molar-refractivity contribution < 1.29 is 9.84 Å². The van der Waals surface area contributed by atoms with Crippen molar-refractivity contribution in [3.63, 3.8) is 0 Å². The summed E-state index contributed by atoms with van der Waals surface area (Å²) < 4.78 is 5.56. The number of phenols is 1. The summed E-state index contributed by atoms with van der Waals surface area (Å²) in [6.45, 7) is 0.383. The molecule has 18 heavy (non-hydrogen) atoms. The summed E-state index contributed by atoms with van der Waals surface area (Å²) in [4.78, 5) is 0. The van der Waals surface area contributed by atoms with Crippen LogP contribution in [0.5, 0.6) is 11.5 Å². The summed E-state index contributed by atoms with van der Waals surface area (Å²) in [5.41, 5.74) is 6.92. The highest BCUT2D eigenvalue weighted by Gasteiger charge is 1.99. The second kappa shape index (κ2) is 5.23. The minimum Gasteiger partial charge on any atom is -0.508 e. The van der Waals surface area contributed by atoms with Crippen LogP contribution < -0.4 is 10.5 Å². The van der Waals surface area contributed by atoms with E-state index >= 15 is 0 Å². The molecule has 4 nitrogen and oxygen atoms in total. The Kier molecular flexibility index (Phi) is 3.48. The molecule has 0 radical (unpaired) electrons. The summed E-state index contributed by atoms with van der Waals surface area (Å²) in [6, 6.07) is 13.9. The predicted molar refractivity (Wildman–Crippen MR) is 69.9 cm³/mol. The molecule has 0 saturated heterocycles. The second-order valence-electron chi connectivity index (χ2n) is 3.90. The van der Waals surface area contributed by atoms with Crippen LogP contribution in [0.15, 0.2) is 48.5 Å². The number of nitrogens with two attached hydrogens (primary N) is 1. The lowest BCUT2D eigenvalue weighted by Crippen LogP contribution is -2.10. The lowest BCUT2D eigenvalue weighted by atomic mass is 10.2. The van der Waals surface area contributed by atoms with Crippen LogP contribution in [0.3, 0.4) is 0 Å². The third-order valence-corrected chi connectivity index (χ3v) is 2.48. The van der Waals surface area contributed by atoms with Crippen LogP contribution in [0.25, 0.3) is 0 Å². The molecule has 0 amide bonds. The Morgan fingerprint density at radius 2 is 1.89 bits per heavy atom. The van der Waals surface area contributed by atoms with Crippen molar-refractivity contribution in [2.75, 3.05) is 0 Å². The Labute approximate surface area is 105 Å². The molecule has 0 aliphatic rings. The maximum Gasteiger partial charge on any atom is 0.122 e. The number of nitrogen functional groups attached to an aromatic ring is 1. The van der Waals surface area contributed by atoms with Gasteiger partial charge in [0, 0.05) is 5.56 Å². The van der Waals surface area contributed by atoms with Gasteiger partial charge in [-0.3, -0.25) is 5.41 Å². The lowest BCUT2D eigenvalue weighted by Gasteiger charge is -2.07. The zero-order valence-corrected chi connectivity index (χ0v) is 9.76. The topological polar surface area (TPSA) is 79.3 Å². The fourth-order valence-electron chi connectivity index (χ4n) is 1.54. The molecule has 92 valence electrons. The lowest BCUT2D eigenvalue weighted by molar-refractivity contribution is 0.305. The Bertz CT molecular complexity index is 550. The monoisotopic (exact) mass is 242 g/mol. The highest BCUT2D eigenvalue weighted by Crippen LogP contribution is 2.16. The minimum absolute atomic E-state index is 0.0366. The fraction of sp³-hybridized carbons (Fsp3) is 0.0714. The van der Waals surface area contributed by atoms with E-state index in [1.807, 2.05) is 6.07 Å². The highest BCUT2D eigenvalue weighted by molar-refractivity contribution is 5.94. The quantitative estimate of drug-likeness (QED) is 0.568. The van der Waals surface area contributed by atoms with Crippen LogP contribution in [0.2, 0.25) is 0 Å². The third-order valence-electron chi connectivity index (χ3n) is 2.48. The Morgan fingerprint density at radius 1 is 1.17 bits per heavy atom. The van der Waals surface area contributed by atoms with Crippen molar-refractivity contribution in [2.45, 2.75) is 6.61 Å². The third kappa shape index (κ3) is 3.01. The summed E-state index contributed by atoms with van der Waals surface area (Å²) in [6.07, 6.45) is 0. The van der Waals surface area contributed by atoms with Crippen LogP contribution in [-0.4, -0.2) is 10.9 Å². The second-order valence-corrected chi connectivity index (χ2v) is 3.90. The molecule has 0 atom stereocenters. The van der Waals surface area contributed by atoms with E-state index in [2.05, 4.69) is 0 Å². The summed E-state index contributed by atoms with van der Waals surface area (Å²) in [5.74, 6) is 0.959. The summed E-state index contributed by atoms with van der Waals surface area (Å²) in [5, 5.41) is 16.6. The van der Waals surface area contributed by atoms with E-state index in [1.165, 1.54) is 0 Å². The standard InChI is InChI=1S/C14H14N2O2/c15-14(16)11-4-6-13(7-5-11)18-9-10-2-1-3-12(17)8-10/h1-8,17H,9H2,(H3,15,16). The summed E-state index contributed by atoms with van der Waals surface area (Å²) >= 11 is 0. The average molecular weight is 242 g/mol. The van der Waals surface area contributed by atoms with Gasteiger partial charge in [-0.15, -0.1) is 0 Å². The number of aromatic hydroxyl groups is 1. The van der Waals surface area contributed by atoms with E-state index < -0.39 is 0 Å². The zero-order valence-electron chi connectivity index (χ0n) is 9.76. The molecule has 0 aliphatic heterocycles. The molecule has 0 aliphatic carbocycles. The molecule has 2 aromatic carbocycles. The molecule has 0 spiro atoms. The molecular formula is C14H14N2O2. The minimum atomic E-state index is 0.0366. The number of hydrogen-bond donors (Lipinski definition) is 3. The van der Waals surface area contributed by atoms with Gasteiger partial charge in [-0.05, 0) is 42.0 Å². The number of amidine groups is 1. The maximum absolute atomic E-state index is 9.31. The molecule has 4 N–H and O–H groups in total. The van der Waals surface area contributed by atoms with Gasteiger partial charge in [-0.25, -0.2) is 0 Å². The van der Waals surface area contributed by atoms with Gasteiger partial charge >= 0.3 is 0 Å². The van der Waals surface area contributed by atoms with Crippen LogP contribution in [0.1, 0.15) is 11.1 Å². The van der Waals surface area contributed by atoms with Crippen molar-refractivity contribution in [1.82, 2.24) is 0 Å². The Morgan fingerprint density at radius 3 is 2.50 bits per heavy atom. The first-order chi connectivity index (χ1) is 8.65. The first kappa shape index (κ1) is 12.0. The SMILES string of the molecule is N=C(N)c1ccc(OCc2cccc(O)c2)cc1. The van der Waals surface area contributed by atoms with Crippen molar-refractivity contribution >= 4 is 5.84 Å². The van der Waals surface area contributed by atoms with Gasteiger partial charge in [-0.1, -0.05) is 12.1 Å². The van der Waals surface area contributed by atoms with Crippen LogP contribution in [0, 0.1) is 5.41 Å². The normalized spacial score (nSPS) is 10.0. The fourth-order valence-corrected chi connectivity index (χ4v) is 1.54. The average Bonchev–Trinajstić information content (AvgIpc) is 2.37. The molecule has 4 heteroatoms. The van der Waals surface area contributed by atoms with E-state index in [9.17, 15) is 5.11 Å². The van der Waals surface area contributed by atoms with Gasteiger partial charge in [0.25, 0.3) is 0 Å². The predicted octanol–water partition coefficient (Wildman–Crippen LogP) is 2.26. The van der Waals surface area contributed by atoms with Gasteiger partial charge in [0.05, 0.1) is 0 Å². The number of nitrogens with one attached hydrogen (secondary N) is 1. The Balaban J connectivity index is 2.00. The smallest absolute Gasteiger partial charge is 0.122 e. The maximum atomic E-state index is 9.31. The van der Waals surface area contributed by atoms with Crippen molar-refractivity contribution in [2.24, 2.45) is 5.73 Å². The number of hydrogen-bond acceptors (Lipinski definition) is 3. The van der Waals surface area contributed by atoms with E-state index in [4.69, 9.17) is 15.9 Å². The van der Waals surface area contributed by atoms with Crippen molar-refractivity contribution in [3.8, 4) is 11.5 Å². The molecule has 2 aromatic rings. The molecule has 0 fully saturated rings. The molecule has 0 saturated carbocycles. The number of rotatable bonds is 4. The van der Waals surface area contributed by atoms with Gasteiger partial charge in [0.2, 0.25) is 0 Å². The van der Waals surface area contributed by atoms with Gasteiger partial charge in [0.1, 0.15) is 23.9 Å². The van der Waals surface area contributed by atoms with E-state index in [1.54, 1.807) is 42.5 Å².